The van der Waals surface area contributed by atoms with Crippen molar-refractivity contribution in [2.75, 3.05) is 13.2 Å². The summed E-state index contributed by atoms with van der Waals surface area (Å²) < 4.78 is 0. The van der Waals surface area contributed by atoms with Gasteiger partial charge in [0.15, 0.2) is 0 Å². The summed E-state index contributed by atoms with van der Waals surface area (Å²) in [6.45, 7) is 5.11. The van der Waals surface area contributed by atoms with Crippen LogP contribution in [0.15, 0.2) is 18.2 Å². The van der Waals surface area contributed by atoms with Crippen LogP contribution in [0.1, 0.15) is 18.1 Å². The molecule has 5 heteroatoms. The van der Waals surface area contributed by atoms with Crippen molar-refractivity contribution in [2.45, 2.75) is 20.4 Å². The Morgan fingerprint density at radius 3 is 2.82 bits per heavy atom. The molecule has 0 bridgehead atoms. The van der Waals surface area contributed by atoms with Gasteiger partial charge in [-0.3, -0.25) is 10.1 Å². The molecule has 2 N–H and O–H groups in total. The maximum absolute atomic E-state index is 10.8. The first-order valence-electron chi connectivity index (χ1n) is 5.60. The minimum absolute atomic E-state index is 0.140. The molecule has 0 aliphatic carbocycles. The van der Waals surface area contributed by atoms with Crippen LogP contribution in [-0.4, -0.2) is 23.2 Å². The highest BCUT2D eigenvalue weighted by atomic mass is 16.6. The number of hydrogen-bond donors (Lipinski definition) is 2. The first-order chi connectivity index (χ1) is 8.06. The van der Waals surface area contributed by atoms with Crippen molar-refractivity contribution in [3.63, 3.8) is 0 Å². The number of nitro groups is 1. The number of benzene rings is 1. The van der Waals surface area contributed by atoms with Crippen LogP contribution in [0.3, 0.4) is 0 Å². The zero-order chi connectivity index (χ0) is 12.8. The number of nitrogens with one attached hydrogen (secondary N) is 1. The van der Waals surface area contributed by atoms with Crippen molar-refractivity contribution in [1.82, 2.24) is 5.32 Å². The molecule has 0 aromatic heterocycles. The van der Waals surface area contributed by atoms with Gasteiger partial charge in [-0.2, -0.15) is 0 Å². The fraction of sp³-hybridized carbons (Fsp3) is 0.500. The van der Waals surface area contributed by atoms with E-state index in [9.17, 15) is 10.1 Å². The summed E-state index contributed by atoms with van der Waals surface area (Å²) in [5.74, 6) is 0.189. The van der Waals surface area contributed by atoms with Gasteiger partial charge in [0.25, 0.3) is 5.69 Å². The summed E-state index contributed by atoms with van der Waals surface area (Å²) in [7, 11) is 0. The normalized spacial score (nSPS) is 12.4. The van der Waals surface area contributed by atoms with Crippen LogP contribution >= 0.6 is 0 Å². The van der Waals surface area contributed by atoms with Gasteiger partial charge in [-0.25, -0.2) is 0 Å². The number of rotatable bonds is 6. The first kappa shape index (κ1) is 13.6. The SMILES string of the molecule is Cc1c(CNCC(C)CO)cccc1[N+](=O)[O-]. The number of nitrogens with zero attached hydrogens (tertiary/aromatic N) is 1. The van der Waals surface area contributed by atoms with Gasteiger partial charge in [0.2, 0.25) is 0 Å². The topological polar surface area (TPSA) is 75.4 Å². The molecule has 0 saturated carbocycles. The third kappa shape index (κ3) is 3.80. The highest BCUT2D eigenvalue weighted by Crippen LogP contribution is 2.20. The fourth-order valence-corrected chi connectivity index (χ4v) is 1.58. The van der Waals surface area contributed by atoms with Crippen molar-refractivity contribution in [3.05, 3.63) is 39.4 Å². The predicted molar refractivity (Wildman–Crippen MR) is 65.8 cm³/mol. The molecule has 1 unspecified atom stereocenters. The molecule has 0 radical (unpaired) electrons. The quantitative estimate of drug-likeness (QED) is 0.583. The Balaban J connectivity index is 2.66. The summed E-state index contributed by atoms with van der Waals surface area (Å²) in [4.78, 5) is 10.4. The van der Waals surface area contributed by atoms with E-state index in [4.69, 9.17) is 5.11 Å². The second-order valence-corrected chi connectivity index (χ2v) is 4.24. The number of nitro benzene ring substituents is 1. The molecule has 0 spiro atoms. The summed E-state index contributed by atoms with van der Waals surface area (Å²) >= 11 is 0. The van der Waals surface area contributed by atoms with E-state index in [0.29, 0.717) is 18.7 Å². The summed E-state index contributed by atoms with van der Waals surface area (Å²) in [5.41, 5.74) is 1.77. The molecular weight excluding hydrogens is 220 g/mol. The van der Waals surface area contributed by atoms with Crippen molar-refractivity contribution < 1.29 is 10.0 Å². The van der Waals surface area contributed by atoms with Crippen molar-refractivity contribution in [1.29, 1.82) is 0 Å². The Morgan fingerprint density at radius 1 is 1.53 bits per heavy atom. The molecule has 1 aromatic rings. The fourth-order valence-electron chi connectivity index (χ4n) is 1.58. The monoisotopic (exact) mass is 238 g/mol. The molecule has 0 heterocycles. The molecule has 94 valence electrons. The van der Waals surface area contributed by atoms with E-state index in [-0.39, 0.29) is 23.1 Å². The maximum atomic E-state index is 10.8. The van der Waals surface area contributed by atoms with Gasteiger partial charge in [0.05, 0.1) is 4.92 Å². The lowest BCUT2D eigenvalue weighted by Crippen LogP contribution is -2.23. The second kappa shape index (κ2) is 6.32. The Kier molecular flexibility index (Phi) is 5.06. The van der Waals surface area contributed by atoms with Gasteiger partial charge in [-0.1, -0.05) is 19.1 Å². The Bertz CT molecular complexity index is 393. The van der Waals surface area contributed by atoms with E-state index < -0.39 is 0 Å². The average Bonchev–Trinajstić information content (AvgIpc) is 2.30. The lowest BCUT2D eigenvalue weighted by molar-refractivity contribution is -0.385. The number of aliphatic hydroxyl groups excluding tert-OH is 1. The summed E-state index contributed by atoms with van der Waals surface area (Å²) in [6, 6.07) is 5.08. The number of hydrogen-bond acceptors (Lipinski definition) is 4. The Hall–Kier alpha value is -1.46. The highest BCUT2D eigenvalue weighted by Gasteiger charge is 2.12. The maximum Gasteiger partial charge on any atom is 0.272 e. The average molecular weight is 238 g/mol. The minimum Gasteiger partial charge on any atom is -0.396 e. The van der Waals surface area contributed by atoms with E-state index in [1.165, 1.54) is 6.07 Å². The molecule has 17 heavy (non-hydrogen) atoms. The molecule has 0 fully saturated rings. The molecular formula is C12H18N2O3. The molecule has 0 amide bonds. The van der Waals surface area contributed by atoms with Gasteiger partial charge in [-0.05, 0) is 18.4 Å². The van der Waals surface area contributed by atoms with Gasteiger partial charge in [-0.15, -0.1) is 0 Å². The van der Waals surface area contributed by atoms with Crippen molar-refractivity contribution >= 4 is 5.69 Å². The molecule has 1 atom stereocenters. The van der Waals surface area contributed by atoms with E-state index >= 15 is 0 Å². The smallest absolute Gasteiger partial charge is 0.272 e. The third-order valence-corrected chi connectivity index (χ3v) is 2.73. The van der Waals surface area contributed by atoms with Crippen molar-refractivity contribution in [3.8, 4) is 0 Å². The lowest BCUT2D eigenvalue weighted by atomic mass is 10.1. The molecule has 5 nitrogen and oxygen atoms in total. The van der Waals surface area contributed by atoms with Gasteiger partial charge >= 0.3 is 0 Å². The van der Waals surface area contributed by atoms with Crippen LogP contribution in [0.4, 0.5) is 5.69 Å². The minimum atomic E-state index is -0.366. The van der Waals surface area contributed by atoms with Crippen LogP contribution in [0.2, 0.25) is 0 Å². The second-order valence-electron chi connectivity index (χ2n) is 4.24. The molecule has 0 aliphatic rings. The van der Waals surface area contributed by atoms with E-state index in [1.54, 1.807) is 13.0 Å². The van der Waals surface area contributed by atoms with Crippen molar-refractivity contribution in [2.24, 2.45) is 5.92 Å². The van der Waals surface area contributed by atoms with E-state index in [2.05, 4.69) is 5.32 Å². The Morgan fingerprint density at radius 2 is 2.24 bits per heavy atom. The van der Waals surface area contributed by atoms with Crippen LogP contribution in [0.25, 0.3) is 0 Å². The molecule has 1 rings (SSSR count). The zero-order valence-corrected chi connectivity index (χ0v) is 10.1. The zero-order valence-electron chi connectivity index (χ0n) is 10.1. The molecule has 0 aliphatic heterocycles. The molecule has 0 saturated heterocycles. The third-order valence-electron chi connectivity index (χ3n) is 2.73. The predicted octanol–water partition coefficient (Wildman–Crippen LogP) is 1.62. The highest BCUT2D eigenvalue weighted by molar-refractivity contribution is 5.44. The van der Waals surface area contributed by atoms with E-state index in [1.807, 2.05) is 13.0 Å². The van der Waals surface area contributed by atoms with Crippen LogP contribution in [0, 0.1) is 23.0 Å². The molecule has 1 aromatic carbocycles. The van der Waals surface area contributed by atoms with Gasteiger partial charge in [0, 0.05) is 31.3 Å². The van der Waals surface area contributed by atoms with Crippen LogP contribution in [-0.2, 0) is 6.54 Å². The van der Waals surface area contributed by atoms with Gasteiger partial charge in [0.1, 0.15) is 0 Å². The first-order valence-corrected chi connectivity index (χ1v) is 5.60. The summed E-state index contributed by atoms with van der Waals surface area (Å²) in [6.07, 6.45) is 0. The number of aliphatic hydroxyl groups is 1. The largest absolute Gasteiger partial charge is 0.396 e. The lowest BCUT2D eigenvalue weighted by Gasteiger charge is -2.11. The summed E-state index contributed by atoms with van der Waals surface area (Å²) in [5, 5.41) is 22.8. The van der Waals surface area contributed by atoms with Gasteiger partial charge < -0.3 is 10.4 Å². The van der Waals surface area contributed by atoms with E-state index in [0.717, 1.165) is 5.56 Å². The van der Waals surface area contributed by atoms with Crippen LogP contribution < -0.4 is 5.32 Å². The Labute approximate surface area is 101 Å². The standard InChI is InChI=1S/C12H18N2O3/c1-9(8-15)6-13-7-11-4-3-5-12(10(11)2)14(16)17/h3-5,9,13,15H,6-8H2,1-2H3. The van der Waals surface area contributed by atoms with Crippen LogP contribution in [0.5, 0.6) is 0 Å².